The van der Waals surface area contributed by atoms with Crippen LogP contribution in [0.1, 0.15) is 20.0 Å². The minimum atomic E-state index is -0.644. The molecule has 0 aliphatic heterocycles. The van der Waals surface area contributed by atoms with Crippen LogP contribution >= 0.6 is 11.3 Å². The zero-order chi connectivity index (χ0) is 16.8. The van der Waals surface area contributed by atoms with Gasteiger partial charge < -0.3 is 18.9 Å². The summed E-state index contributed by atoms with van der Waals surface area (Å²) < 4.78 is 20.6. The first-order valence-corrected chi connectivity index (χ1v) is 7.52. The maximum absolute atomic E-state index is 12.1. The number of carbonyl (C=O) groups excluding carboxylic acids is 2. The van der Waals surface area contributed by atoms with Gasteiger partial charge in [-0.2, -0.15) is 0 Å². The molecule has 6 nitrogen and oxygen atoms in total. The molecule has 0 fully saturated rings. The van der Waals surface area contributed by atoms with Gasteiger partial charge in [0, 0.05) is 0 Å². The number of rotatable bonds is 7. The summed E-state index contributed by atoms with van der Waals surface area (Å²) in [4.78, 5) is 24.5. The average Bonchev–Trinajstić information content (AvgIpc) is 3.12. The van der Waals surface area contributed by atoms with Crippen molar-refractivity contribution in [1.29, 1.82) is 0 Å². The molecular weight excluding hydrogens is 320 g/mol. The fraction of sp³-hybridized carbons (Fsp3) is 0.250. The third-order valence-electron chi connectivity index (χ3n) is 3.03. The van der Waals surface area contributed by atoms with Gasteiger partial charge in [0.05, 0.1) is 31.8 Å². The van der Waals surface area contributed by atoms with Crippen LogP contribution in [-0.2, 0) is 4.74 Å². The van der Waals surface area contributed by atoms with Crippen LogP contribution in [0.4, 0.5) is 0 Å². The Hall–Kier alpha value is -2.54. The third-order valence-corrected chi connectivity index (χ3v) is 3.94. The first-order valence-electron chi connectivity index (χ1n) is 6.64. The number of benzene rings is 1. The largest absolute Gasteiger partial charge is 0.493 e. The van der Waals surface area contributed by atoms with E-state index >= 15 is 0 Å². The Balaban J connectivity index is 2.14. The van der Waals surface area contributed by atoms with E-state index < -0.39 is 5.97 Å². The Morgan fingerprint density at radius 3 is 2.17 bits per heavy atom. The van der Waals surface area contributed by atoms with Gasteiger partial charge in [0.25, 0.3) is 0 Å². The van der Waals surface area contributed by atoms with E-state index in [-0.39, 0.29) is 18.0 Å². The summed E-state index contributed by atoms with van der Waals surface area (Å²) >= 11 is 1.30. The molecule has 0 radical (unpaired) electrons. The van der Waals surface area contributed by atoms with Crippen molar-refractivity contribution < 1.29 is 28.5 Å². The summed E-state index contributed by atoms with van der Waals surface area (Å²) in [6.45, 7) is -0.323. The topological polar surface area (TPSA) is 71.1 Å². The first kappa shape index (κ1) is 16.8. The molecule has 0 amide bonds. The number of ether oxygens (including phenoxy) is 4. The molecule has 0 aliphatic rings. The number of methoxy groups -OCH3 is 3. The standard InChI is InChI=1S/C16H16O6S/c1-19-12-7-10(8-13(20-2)15(12)21-3)16(18)22-9-11(17)14-5-4-6-23-14/h4-8H,9H2,1-3H3. The number of thiophene rings is 1. The third kappa shape index (κ3) is 3.81. The van der Waals surface area contributed by atoms with Crippen LogP contribution in [0.3, 0.4) is 0 Å². The van der Waals surface area contributed by atoms with E-state index in [0.717, 1.165) is 0 Å². The monoisotopic (exact) mass is 336 g/mol. The van der Waals surface area contributed by atoms with Crippen LogP contribution in [0, 0.1) is 0 Å². The summed E-state index contributed by atoms with van der Waals surface area (Å²) in [5, 5.41) is 1.79. The van der Waals surface area contributed by atoms with Crippen molar-refractivity contribution >= 4 is 23.1 Å². The lowest BCUT2D eigenvalue weighted by molar-refractivity contribution is 0.0475. The lowest BCUT2D eigenvalue weighted by Gasteiger charge is -2.13. The number of carbonyl (C=O) groups is 2. The van der Waals surface area contributed by atoms with Gasteiger partial charge in [-0.1, -0.05) is 6.07 Å². The van der Waals surface area contributed by atoms with Gasteiger partial charge >= 0.3 is 5.97 Å². The number of hydrogen-bond donors (Lipinski definition) is 0. The minimum absolute atomic E-state index is 0.207. The van der Waals surface area contributed by atoms with E-state index in [1.54, 1.807) is 17.5 Å². The van der Waals surface area contributed by atoms with Gasteiger partial charge in [-0.15, -0.1) is 11.3 Å². The molecule has 1 aromatic heterocycles. The van der Waals surface area contributed by atoms with Crippen molar-refractivity contribution in [3.8, 4) is 17.2 Å². The van der Waals surface area contributed by atoms with E-state index in [4.69, 9.17) is 18.9 Å². The second kappa shape index (κ2) is 7.64. The van der Waals surface area contributed by atoms with E-state index in [2.05, 4.69) is 0 Å². The van der Waals surface area contributed by atoms with Crippen molar-refractivity contribution in [3.63, 3.8) is 0 Å². The summed E-state index contributed by atoms with van der Waals surface area (Å²) in [6.07, 6.45) is 0. The fourth-order valence-electron chi connectivity index (χ4n) is 1.92. The Labute approximate surface area is 137 Å². The number of ketones is 1. The zero-order valence-corrected chi connectivity index (χ0v) is 13.8. The smallest absolute Gasteiger partial charge is 0.338 e. The molecule has 2 aromatic rings. The van der Waals surface area contributed by atoms with Gasteiger partial charge in [-0.05, 0) is 23.6 Å². The van der Waals surface area contributed by atoms with Crippen molar-refractivity contribution in [1.82, 2.24) is 0 Å². The van der Waals surface area contributed by atoms with Gasteiger partial charge in [-0.3, -0.25) is 4.79 Å². The summed E-state index contributed by atoms with van der Waals surface area (Å²) in [7, 11) is 4.37. The molecule has 1 heterocycles. The van der Waals surface area contributed by atoms with Gasteiger partial charge in [0.1, 0.15) is 0 Å². The molecule has 122 valence electrons. The highest BCUT2D eigenvalue weighted by Crippen LogP contribution is 2.38. The molecular formula is C16H16O6S. The van der Waals surface area contributed by atoms with Crippen LogP contribution in [0.25, 0.3) is 0 Å². The Kier molecular flexibility index (Phi) is 5.59. The molecule has 7 heteroatoms. The van der Waals surface area contributed by atoms with Crippen LogP contribution in [0.5, 0.6) is 17.2 Å². The summed E-state index contributed by atoms with van der Waals surface area (Å²) in [5.74, 6) is 0.155. The van der Waals surface area contributed by atoms with E-state index in [1.165, 1.54) is 44.8 Å². The summed E-state index contributed by atoms with van der Waals surface area (Å²) in [5.41, 5.74) is 0.207. The first-order chi connectivity index (χ1) is 11.1. The number of Topliss-reactive ketones (excluding diaryl/α,β-unsaturated/α-hetero) is 1. The van der Waals surface area contributed by atoms with E-state index in [0.29, 0.717) is 22.1 Å². The van der Waals surface area contributed by atoms with Gasteiger partial charge in [-0.25, -0.2) is 4.79 Å². The average molecular weight is 336 g/mol. The van der Waals surface area contributed by atoms with Crippen LogP contribution < -0.4 is 14.2 Å². The molecule has 0 aliphatic carbocycles. The molecule has 0 N–H and O–H groups in total. The quantitative estimate of drug-likeness (QED) is 0.572. The molecule has 0 atom stereocenters. The van der Waals surface area contributed by atoms with Crippen LogP contribution in [-0.4, -0.2) is 39.7 Å². The number of hydrogen-bond acceptors (Lipinski definition) is 7. The molecule has 0 unspecified atom stereocenters. The maximum Gasteiger partial charge on any atom is 0.338 e. The molecule has 0 saturated carbocycles. The summed E-state index contributed by atoms with van der Waals surface area (Å²) in [6, 6.07) is 6.39. The lowest BCUT2D eigenvalue weighted by Crippen LogP contribution is -2.13. The van der Waals surface area contributed by atoms with Gasteiger partial charge in [0.15, 0.2) is 18.1 Å². The molecule has 23 heavy (non-hydrogen) atoms. The second-order valence-electron chi connectivity index (χ2n) is 4.39. The van der Waals surface area contributed by atoms with Crippen molar-refractivity contribution in [3.05, 3.63) is 40.1 Å². The molecule has 0 bridgehead atoms. The fourth-order valence-corrected chi connectivity index (χ4v) is 2.57. The van der Waals surface area contributed by atoms with Crippen molar-refractivity contribution in [2.45, 2.75) is 0 Å². The highest BCUT2D eigenvalue weighted by molar-refractivity contribution is 7.12. The van der Waals surface area contributed by atoms with Crippen molar-refractivity contribution in [2.24, 2.45) is 0 Å². The predicted molar refractivity (Wildman–Crippen MR) is 85.0 cm³/mol. The number of esters is 1. The van der Waals surface area contributed by atoms with E-state index in [1.807, 2.05) is 0 Å². The Morgan fingerprint density at radius 2 is 1.70 bits per heavy atom. The SMILES string of the molecule is COc1cc(C(=O)OCC(=O)c2cccs2)cc(OC)c1OC. The Morgan fingerprint density at radius 1 is 1.04 bits per heavy atom. The Bertz CT molecular complexity index is 668. The zero-order valence-electron chi connectivity index (χ0n) is 13.0. The normalized spacial score (nSPS) is 10.0. The highest BCUT2D eigenvalue weighted by atomic mass is 32.1. The lowest BCUT2D eigenvalue weighted by atomic mass is 10.2. The highest BCUT2D eigenvalue weighted by Gasteiger charge is 2.19. The van der Waals surface area contributed by atoms with Crippen LogP contribution in [0.15, 0.2) is 29.6 Å². The molecule has 0 saturated heterocycles. The van der Waals surface area contributed by atoms with Gasteiger partial charge in [0.2, 0.25) is 11.5 Å². The van der Waals surface area contributed by atoms with E-state index in [9.17, 15) is 9.59 Å². The molecule has 0 spiro atoms. The van der Waals surface area contributed by atoms with Crippen molar-refractivity contribution in [2.75, 3.05) is 27.9 Å². The maximum atomic E-state index is 12.1. The molecule has 2 rings (SSSR count). The predicted octanol–water partition coefficient (Wildman–Crippen LogP) is 2.81. The second-order valence-corrected chi connectivity index (χ2v) is 5.34. The molecule has 1 aromatic carbocycles. The minimum Gasteiger partial charge on any atom is -0.493 e. The van der Waals surface area contributed by atoms with Crippen LogP contribution in [0.2, 0.25) is 0 Å².